The molecule has 2 saturated heterocycles. The van der Waals surface area contributed by atoms with Crippen molar-refractivity contribution in [1.82, 2.24) is 15.5 Å². The molecule has 0 unspecified atom stereocenters. The van der Waals surface area contributed by atoms with Crippen molar-refractivity contribution in [2.45, 2.75) is 49.7 Å². The van der Waals surface area contributed by atoms with E-state index in [9.17, 15) is 0 Å². The number of halogens is 1. The third-order valence-corrected chi connectivity index (χ3v) is 6.70. The number of hydrogen-bond acceptors (Lipinski definition) is 4. The Labute approximate surface area is 175 Å². The van der Waals surface area contributed by atoms with Crippen LogP contribution in [0.5, 0.6) is 0 Å². The molecule has 0 radical (unpaired) electrons. The predicted molar refractivity (Wildman–Crippen MR) is 121 cm³/mol. The second-order valence-electron chi connectivity index (χ2n) is 6.96. The highest BCUT2D eigenvalue weighted by molar-refractivity contribution is 14.0. The molecular formula is C18H37IN4OS. The standard InChI is InChI=1S/C18H36N4OS.HI/c1-19-17(21-16-18(24-2)8-14-23-15-9-18)20-10-7-13-22-11-5-3-4-6-12-22;/h3-16H2,1-2H3,(H2,19,20,21);1H. The van der Waals surface area contributed by atoms with Crippen LogP contribution < -0.4 is 10.6 Å². The first-order valence-electron chi connectivity index (χ1n) is 9.58. The quantitative estimate of drug-likeness (QED) is 0.252. The minimum atomic E-state index is 0. The summed E-state index contributed by atoms with van der Waals surface area (Å²) in [7, 11) is 1.86. The molecule has 0 bridgehead atoms. The van der Waals surface area contributed by atoms with Crippen molar-refractivity contribution in [2.75, 3.05) is 59.2 Å². The van der Waals surface area contributed by atoms with Gasteiger partial charge in [0.05, 0.1) is 0 Å². The molecule has 7 heteroatoms. The lowest BCUT2D eigenvalue weighted by Gasteiger charge is -2.36. The highest BCUT2D eigenvalue weighted by atomic mass is 127. The summed E-state index contributed by atoms with van der Waals surface area (Å²) in [4.78, 5) is 7.00. The molecule has 2 aliphatic heterocycles. The molecule has 0 amide bonds. The van der Waals surface area contributed by atoms with Crippen LogP contribution >= 0.6 is 35.7 Å². The van der Waals surface area contributed by atoms with Crippen LogP contribution in [-0.2, 0) is 4.74 Å². The smallest absolute Gasteiger partial charge is 0.191 e. The van der Waals surface area contributed by atoms with Gasteiger partial charge in [0.15, 0.2) is 5.96 Å². The lowest BCUT2D eigenvalue weighted by molar-refractivity contribution is 0.0783. The molecule has 25 heavy (non-hydrogen) atoms. The Balaban J connectivity index is 0.00000312. The number of nitrogens with one attached hydrogen (secondary N) is 2. The van der Waals surface area contributed by atoms with Gasteiger partial charge in [0.1, 0.15) is 0 Å². The molecule has 0 atom stereocenters. The normalized spacial score (nSPS) is 21.9. The van der Waals surface area contributed by atoms with Crippen LogP contribution in [0, 0.1) is 0 Å². The molecule has 5 nitrogen and oxygen atoms in total. The van der Waals surface area contributed by atoms with Gasteiger partial charge >= 0.3 is 0 Å². The van der Waals surface area contributed by atoms with Gasteiger partial charge in [-0.1, -0.05) is 12.8 Å². The number of aliphatic imine (C=N–C) groups is 1. The first-order chi connectivity index (χ1) is 11.8. The molecule has 2 N–H and O–H groups in total. The number of rotatable bonds is 7. The van der Waals surface area contributed by atoms with Gasteiger partial charge in [0.2, 0.25) is 0 Å². The van der Waals surface area contributed by atoms with E-state index in [1.54, 1.807) is 0 Å². The monoisotopic (exact) mass is 484 g/mol. The zero-order valence-corrected chi connectivity index (χ0v) is 19.2. The number of likely N-dealkylation sites (tertiary alicyclic amines) is 1. The third-order valence-electron chi connectivity index (χ3n) is 5.28. The van der Waals surface area contributed by atoms with Crippen molar-refractivity contribution in [2.24, 2.45) is 4.99 Å². The van der Waals surface area contributed by atoms with Crippen LogP contribution in [0.25, 0.3) is 0 Å². The Hall–Kier alpha value is 0.270. The molecule has 0 aliphatic carbocycles. The third kappa shape index (κ3) is 8.67. The molecule has 148 valence electrons. The van der Waals surface area contributed by atoms with E-state index in [2.05, 4.69) is 26.8 Å². The van der Waals surface area contributed by atoms with E-state index in [4.69, 9.17) is 4.74 Å². The van der Waals surface area contributed by atoms with Crippen LogP contribution in [-0.4, -0.2) is 74.8 Å². The van der Waals surface area contributed by atoms with Gasteiger partial charge in [0.25, 0.3) is 0 Å². The maximum atomic E-state index is 5.51. The summed E-state index contributed by atoms with van der Waals surface area (Å²) in [6.45, 7) is 7.48. The Morgan fingerprint density at radius 1 is 1.12 bits per heavy atom. The molecule has 0 aromatic rings. The zero-order valence-electron chi connectivity index (χ0n) is 16.0. The molecule has 2 rings (SSSR count). The maximum Gasteiger partial charge on any atom is 0.191 e. The summed E-state index contributed by atoms with van der Waals surface area (Å²) in [6, 6.07) is 0. The fourth-order valence-corrected chi connectivity index (χ4v) is 4.32. The van der Waals surface area contributed by atoms with Crippen molar-refractivity contribution in [3.63, 3.8) is 0 Å². The average Bonchev–Trinajstić information content (AvgIpc) is 2.91. The molecular weight excluding hydrogens is 447 g/mol. The molecule has 0 aromatic heterocycles. The van der Waals surface area contributed by atoms with Crippen molar-refractivity contribution in [3.05, 3.63) is 0 Å². The van der Waals surface area contributed by atoms with Gasteiger partial charge in [-0.15, -0.1) is 24.0 Å². The summed E-state index contributed by atoms with van der Waals surface area (Å²) in [5.74, 6) is 0.936. The predicted octanol–water partition coefficient (Wildman–Crippen LogP) is 2.95. The molecule has 2 heterocycles. The van der Waals surface area contributed by atoms with Crippen LogP contribution in [0.1, 0.15) is 44.9 Å². The molecule has 0 spiro atoms. The number of guanidine groups is 1. The maximum absolute atomic E-state index is 5.51. The Morgan fingerprint density at radius 3 is 2.40 bits per heavy atom. The van der Waals surface area contributed by atoms with Gasteiger partial charge in [0, 0.05) is 38.1 Å². The Bertz CT molecular complexity index is 370. The summed E-state index contributed by atoms with van der Waals surface area (Å²) < 4.78 is 5.81. The van der Waals surface area contributed by atoms with Crippen molar-refractivity contribution in [1.29, 1.82) is 0 Å². The van der Waals surface area contributed by atoms with Crippen molar-refractivity contribution >= 4 is 41.7 Å². The lowest BCUT2D eigenvalue weighted by Crippen LogP contribution is -2.48. The van der Waals surface area contributed by atoms with E-state index in [-0.39, 0.29) is 24.0 Å². The highest BCUT2D eigenvalue weighted by Crippen LogP contribution is 2.32. The van der Waals surface area contributed by atoms with E-state index in [0.29, 0.717) is 4.75 Å². The van der Waals surface area contributed by atoms with E-state index in [1.165, 1.54) is 51.7 Å². The summed E-state index contributed by atoms with van der Waals surface area (Å²) >= 11 is 1.96. The Morgan fingerprint density at radius 2 is 1.80 bits per heavy atom. The zero-order chi connectivity index (χ0) is 17.1. The number of hydrogen-bond donors (Lipinski definition) is 2. The fourth-order valence-electron chi connectivity index (χ4n) is 3.53. The number of nitrogens with zero attached hydrogens (tertiary/aromatic N) is 2. The van der Waals surface area contributed by atoms with E-state index in [1.807, 2.05) is 18.8 Å². The second kappa shape index (κ2) is 13.4. The van der Waals surface area contributed by atoms with Crippen molar-refractivity contribution < 1.29 is 4.74 Å². The number of ether oxygens (including phenoxy) is 1. The summed E-state index contributed by atoms with van der Waals surface area (Å²) in [6.07, 6.45) is 11.2. The van der Waals surface area contributed by atoms with Gasteiger partial charge in [-0.3, -0.25) is 4.99 Å². The van der Waals surface area contributed by atoms with Crippen LogP contribution in [0.4, 0.5) is 0 Å². The van der Waals surface area contributed by atoms with Gasteiger partial charge in [-0.2, -0.15) is 11.8 Å². The average molecular weight is 484 g/mol. The number of thioether (sulfide) groups is 1. The van der Waals surface area contributed by atoms with Crippen LogP contribution in [0.2, 0.25) is 0 Å². The van der Waals surface area contributed by atoms with E-state index >= 15 is 0 Å². The SMILES string of the molecule is CN=C(NCCCN1CCCCCC1)NCC1(SC)CCOCC1.I. The first-order valence-corrected chi connectivity index (χ1v) is 10.8. The van der Waals surface area contributed by atoms with Crippen LogP contribution in [0.15, 0.2) is 4.99 Å². The summed E-state index contributed by atoms with van der Waals surface area (Å²) in [5, 5.41) is 7.01. The second-order valence-corrected chi connectivity index (χ2v) is 8.24. The van der Waals surface area contributed by atoms with Gasteiger partial charge in [-0.05, 0) is 58.0 Å². The minimum Gasteiger partial charge on any atom is -0.381 e. The van der Waals surface area contributed by atoms with Gasteiger partial charge in [-0.25, -0.2) is 0 Å². The Kier molecular flexibility index (Phi) is 12.5. The highest BCUT2D eigenvalue weighted by Gasteiger charge is 2.31. The first kappa shape index (κ1) is 23.3. The topological polar surface area (TPSA) is 48.9 Å². The summed E-state index contributed by atoms with van der Waals surface area (Å²) in [5.41, 5.74) is 0. The van der Waals surface area contributed by atoms with E-state index in [0.717, 1.165) is 45.1 Å². The molecule has 0 saturated carbocycles. The van der Waals surface area contributed by atoms with Crippen molar-refractivity contribution in [3.8, 4) is 0 Å². The fraction of sp³-hybridized carbons (Fsp3) is 0.944. The van der Waals surface area contributed by atoms with Crippen LogP contribution in [0.3, 0.4) is 0 Å². The molecule has 2 fully saturated rings. The minimum absolute atomic E-state index is 0. The largest absolute Gasteiger partial charge is 0.381 e. The lowest BCUT2D eigenvalue weighted by atomic mass is 9.99. The molecule has 0 aromatic carbocycles. The van der Waals surface area contributed by atoms with Gasteiger partial charge < -0.3 is 20.3 Å². The van der Waals surface area contributed by atoms with E-state index < -0.39 is 0 Å². The molecule has 2 aliphatic rings.